The van der Waals surface area contributed by atoms with Gasteiger partial charge < -0.3 is 9.88 Å². The molecule has 1 fully saturated rings. The first-order valence-electron chi connectivity index (χ1n) is 6.13. The van der Waals surface area contributed by atoms with Crippen LogP contribution in [0.3, 0.4) is 0 Å². The van der Waals surface area contributed by atoms with Gasteiger partial charge in [-0.25, -0.2) is 0 Å². The third-order valence-corrected chi connectivity index (χ3v) is 3.37. The van der Waals surface area contributed by atoms with Crippen molar-refractivity contribution in [3.05, 3.63) is 36.0 Å². The van der Waals surface area contributed by atoms with Crippen LogP contribution in [0, 0.1) is 0 Å². The van der Waals surface area contributed by atoms with E-state index in [0.717, 1.165) is 10.9 Å². The molecule has 1 aromatic carbocycles. The largest absolute Gasteiger partial charge is 0.351 e. The lowest BCUT2D eigenvalue weighted by atomic mass is 10.1. The van der Waals surface area contributed by atoms with Crippen LogP contribution < -0.4 is 0 Å². The molecule has 1 aromatic heterocycles. The number of para-hydroxylation sites is 1. The molecule has 1 amide bonds. The number of amides is 1. The molecule has 2 aromatic rings. The Balaban J connectivity index is 1.85. The van der Waals surface area contributed by atoms with E-state index in [9.17, 15) is 9.59 Å². The second-order valence-corrected chi connectivity index (χ2v) is 4.60. The standard InChI is InChI=1S/C14H14N2O2/c17-11-5-7-16(8-6-11)14(18)13-9-10-3-1-2-4-12(10)15-13/h1-4,9,15H,5-8H2. The molecule has 92 valence electrons. The van der Waals surface area contributed by atoms with E-state index in [0.29, 0.717) is 31.6 Å². The van der Waals surface area contributed by atoms with E-state index in [2.05, 4.69) is 4.98 Å². The first-order chi connectivity index (χ1) is 8.74. The van der Waals surface area contributed by atoms with E-state index in [1.165, 1.54) is 0 Å². The number of likely N-dealkylation sites (tertiary alicyclic amines) is 1. The van der Waals surface area contributed by atoms with Gasteiger partial charge >= 0.3 is 0 Å². The lowest BCUT2D eigenvalue weighted by molar-refractivity contribution is -0.120. The number of nitrogens with zero attached hydrogens (tertiary/aromatic N) is 1. The highest BCUT2D eigenvalue weighted by atomic mass is 16.2. The Morgan fingerprint density at radius 3 is 2.61 bits per heavy atom. The molecular formula is C14H14N2O2. The van der Waals surface area contributed by atoms with Crippen LogP contribution in [0.1, 0.15) is 23.3 Å². The number of ketones is 1. The van der Waals surface area contributed by atoms with Gasteiger partial charge in [-0.15, -0.1) is 0 Å². The number of carbonyl (C=O) groups excluding carboxylic acids is 2. The Morgan fingerprint density at radius 1 is 1.17 bits per heavy atom. The molecule has 4 heteroatoms. The predicted octanol–water partition coefficient (Wildman–Crippen LogP) is 1.97. The molecule has 0 aliphatic carbocycles. The number of aromatic nitrogens is 1. The van der Waals surface area contributed by atoms with Gasteiger partial charge in [0.2, 0.25) is 0 Å². The Morgan fingerprint density at radius 2 is 1.89 bits per heavy atom. The second kappa shape index (κ2) is 4.29. The summed E-state index contributed by atoms with van der Waals surface area (Å²) in [6, 6.07) is 9.68. The third kappa shape index (κ3) is 1.90. The zero-order valence-electron chi connectivity index (χ0n) is 9.98. The number of fused-ring (bicyclic) bond motifs is 1. The first-order valence-corrected chi connectivity index (χ1v) is 6.13. The molecule has 2 heterocycles. The summed E-state index contributed by atoms with van der Waals surface area (Å²) < 4.78 is 0. The molecular weight excluding hydrogens is 228 g/mol. The SMILES string of the molecule is O=C1CCN(C(=O)c2cc3ccccc3[nH]2)CC1. The van der Waals surface area contributed by atoms with Crippen molar-refractivity contribution in [2.24, 2.45) is 0 Å². The molecule has 0 spiro atoms. The summed E-state index contributed by atoms with van der Waals surface area (Å²) in [5, 5.41) is 1.04. The number of hydrogen-bond donors (Lipinski definition) is 1. The molecule has 0 saturated carbocycles. The molecule has 0 bridgehead atoms. The van der Waals surface area contributed by atoms with E-state index in [4.69, 9.17) is 0 Å². The molecule has 4 nitrogen and oxygen atoms in total. The number of carbonyl (C=O) groups is 2. The van der Waals surface area contributed by atoms with Crippen molar-refractivity contribution in [2.75, 3.05) is 13.1 Å². The molecule has 18 heavy (non-hydrogen) atoms. The van der Waals surface area contributed by atoms with Crippen molar-refractivity contribution in [3.63, 3.8) is 0 Å². The van der Waals surface area contributed by atoms with Crippen molar-refractivity contribution >= 4 is 22.6 Å². The van der Waals surface area contributed by atoms with Crippen molar-refractivity contribution in [1.29, 1.82) is 0 Å². The summed E-state index contributed by atoms with van der Waals surface area (Å²) in [6.07, 6.45) is 0.956. The minimum absolute atomic E-state index is 0.0151. The van der Waals surface area contributed by atoms with Gasteiger partial charge in [-0.3, -0.25) is 9.59 Å². The highest BCUT2D eigenvalue weighted by Crippen LogP contribution is 2.17. The highest BCUT2D eigenvalue weighted by Gasteiger charge is 2.22. The van der Waals surface area contributed by atoms with E-state index in [-0.39, 0.29) is 11.7 Å². The Bertz CT molecular complexity index is 572. The molecule has 0 atom stereocenters. The molecule has 3 rings (SSSR count). The third-order valence-electron chi connectivity index (χ3n) is 3.37. The average Bonchev–Trinajstić information content (AvgIpc) is 2.82. The van der Waals surface area contributed by atoms with Gasteiger partial charge in [-0.1, -0.05) is 18.2 Å². The lowest BCUT2D eigenvalue weighted by Gasteiger charge is -2.25. The van der Waals surface area contributed by atoms with Crippen LogP contribution in [0.2, 0.25) is 0 Å². The van der Waals surface area contributed by atoms with Gasteiger partial charge in [0.1, 0.15) is 11.5 Å². The molecule has 1 saturated heterocycles. The van der Waals surface area contributed by atoms with Gasteiger partial charge in [-0.2, -0.15) is 0 Å². The second-order valence-electron chi connectivity index (χ2n) is 4.60. The van der Waals surface area contributed by atoms with Crippen LogP contribution in [0.15, 0.2) is 30.3 Å². The Hall–Kier alpha value is -2.10. The first kappa shape index (κ1) is 11.0. The molecule has 0 radical (unpaired) electrons. The van der Waals surface area contributed by atoms with Crippen LogP contribution in [0.4, 0.5) is 0 Å². The number of Topliss-reactive ketones (excluding diaryl/α,β-unsaturated/α-hetero) is 1. The summed E-state index contributed by atoms with van der Waals surface area (Å²) >= 11 is 0. The lowest BCUT2D eigenvalue weighted by Crippen LogP contribution is -2.38. The normalized spacial score (nSPS) is 16.2. The monoisotopic (exact) mass is 242 g/mol. The number of H-pyrrole nitrogens is 1. The summed E-state index contributed by atoms with van der Waals surface area (Å²) in [5.41, 5.74) is 1.57. The summed E-state index contributed by atoms with van der Waals surface area (Å²) in [5.74, 6) is 0.231. The van der Waals surface area contributed by atoms with Gasteiger partial charge in [0.25, 0.3) is 5.91 Å². The molecule has 1 N–H and O–H groups in total. The summed E-state index contributed by atoms with van der Waals surface area (Å²) in [7, 11) is 0. The number of rotatable bonds is 1. The van der Waals surface area contributed by atoms with Crippen LogP contribution in [-0.2, 0) is 4.79 Å². The zero-order valence-corrected chi connectivity index (χ0v) is 9.98. The van der Waals surface area contributed by atoms with E-state index in [1.807, 2.05) is 30.3 Å². The fourth-order valence-electron chi connectivity index (χ4n) is 2.32. The smallest absolute Gasteiger partial charge is 0.270 e. The Labute approximate surface area is 105 Å². The van der Waals surface area contributed by atoms with Crippen molar-refractivity contribution in [2.45, 2.75) is 12.8 Å². The maximum atomic E-state index is 12.3. The minimum Gasteiger partial charge on any atom is -0.351 e. The van der Waals surface area contributed by atoms with Crippen LogP contribution in [-0.4, -0.2) is 34.7 Å². The minimum atomic E-state index is -0.0151. The van der Waals surface area contributed by atoms with Gasteiger partial charge in [-0.05, 0) is 12.1 Å². The zero-order chi connectivity index (χ0) is 12.5. The van der Waals surface area contributed by atoms with Crippen molar-refractivity contribution < 1.29 is 9.59 Å². The van der Waals surface area contributed by atoms with E-state index < -0.39 is 0 Å². The van der Waals surface area contributed by atoms with Gasteiger partial charge in [0.15, 0.2) is 0 Å². The topological polar surface area (TPSA) is 53.2 Å². The maximum Gasteiger partial charge on any atom is 0.270 e. The fraction of sp³-hybridized carbons (Fsp3) is 0.286. The number of nitrogens with one attached hydrogen (secondary N) is 1. The molecule has 1 aliphatic heterocycles. The van der Waals surface area contributed by atoms with Gasteiger partial charge in [0.05, 0.1) is 0 Å². The number of hydrogen-bond acceptors (Lipinski definition) is 2. The summed E-state index contributed by atoms with van der Waals surface area (Å²) in [6.45, 7) is 1.07. The quantitative estimate of drug-likeness (QED) is 0.831. The number of aromatic amines is 1. The number of piperidine rings is 1. The van der Waals surface area contributed by atoms with Crippen LogP contribution >= 0.6 is 0 Å². The molecule has 0 unspecified atom stereocenters. The summed E-state index contributed by atoms with van der Waals surface area (Å²) in [4.78, 5) is 28.3. The highest BCUT2D eigenvalue weighted by molar-refractivity contribution is 5.98. The predicted molar refractivity (Wildman–Crippen MR) is 68.4 cm³/mol. The maximum absolute atomic E-state index is 12.3. The van der Waals surface area contributed by atoms with Crippen LogP contribution in [0.5, 0.6) is 0 Å². The van der Waals surface area contributed by atoms with Crippen molar-refractivity contribution in [3.8, 4) is 0 Å². The van der Waals surface area contributed by atoms with E-state index in [1.54, 1.807) is 4.90 Å². The average molecular weight is 242 g/mol. The number of benzene rings is 1. The van der Waals surface area contributed by atoms with Gasteiger partial charge in [0, 0.05) is 36.8 Å². The van der Waals surface area contributed by atoms with Crippen LogP contribution in [0.25, 0.3) is 10.9 Å². The van der Waals surface area contributed by atoms with E-state index >= 15 is 0 Å². The fourth-order valence-corrected chi connectivity index (χ4v) is 2.32. The molecule has 1 aliphatic rings. The van der Waals surface area contributed by atoms with Crippen molar-refractivity contribution in [1.82, 2.24) is 9.88 Å². The Kier molecular flexibility index (Phi) is 2.63.